The molecule has 0 bridgehead atoms. The molecule has 0 aliphatic carbocycles. The first-order valence-corrected chi connectivity index (χ1v) is 4.46. The van der Waals surface area contributed by atoms with Crippen LogP contribution in [0.2, 0.25) is 0 Å². The normalized spacial score (nSPS) is 11.8. The fraction of sp³-hybridized carbons (Fsp3) is 0.545. The maximum atomic E-state index is 13.7. The highest BCUT2D eigenvalue weighted by molar-refractivity contribution is 5.31. The first-order valence-electron chi connectivity index (χ1n) is 4.46. The third-order valence-electron chi connectivity index (χ3n) is 2.13. The van der Waals surface area contributed by atoms with Gasteiger partial charge in [-0.2, -0.15) is 0 Å². The Hall–Kier alpha value is -0.920. The minimum absolute atomic E-state index is 0.111. The van der Waals surface area contributed by atoms with Gasteiger partial charge in [0, 0.05) is 23.0 Å². The average Bonchev–Trinajstić information content (AvgIpc) is 1.95. The van der Waals surface area contributed by atoms with Crippen molar-refractivity contribution in [2.24, 2.45) is 0 Å². The van der Waals surface area contributed by atoms with E-state index in [1.807, 2.05) is 27.7 Å². The van der Waals surface area contributed by atoms with Gasteiger partial charge in [-0.1, -0.05) is 20.8 Å². The van der Waals surface area contributed by atoms with E-state index in [9.17, 15) is 4.39 Å². The third-order valence-corrected chi connectivity index (χ3v) is 2.13. The average molecular weight is 181 g/mol. The molecule has 1 aromatic rings. The molecule has 0 amide bonds. The Morgan fingerprint density at radius 2 is 1.77 bits per heavy atom. The molecule has 0 unspecified atom stereocenters. The fourth-order valence-corrected chi connectivity index (χ4v) is 1.54. The predicted molar refractivity (Wildman–Crippen MR) is 52.4 cm³/mol. The molecule has 0 aromatic carbocycles. The van der Waals surface area contributed by atoms with Gasteiger partial charge in [-0.25, -0.2) is 4.39 Å². The van der Waals surface area contributed by atoms with E-state index in [1.165, 1.54) is 0 Å². The van der Waals surface area contributed by atoms with Crippen LogP contribution in [0.3, 0.4) is 0 Å². The van der Waals surface area contributed by atoms with Gasteiger partial charge >= 0.3 is 0 Å². The first-order chi connectivity index (χ1) is 5.84. The van der Waals surface area contributed by atoms with E-state index >= 15 is 0 Å². The number of hydrogen-bond donors (Lipinski definition) is 0. The first kappa shape index (κ1) is 10.2. The highest BCUT2D eigenvalue weighted by Crippen LogP contribution is 2.28. The summed E-state index contributed by atoms with van der Waals surface area (Å²) < 4.78 is 13.7. The van der Waals surface area contributed by atoms with Gasteiger partial charge in [0.2, 0.25) is 0 Å². The topological polar surface area (TPSA) is 12.9 Å². The molecule has 1 aromatic heterocycles. The summed E-state index contributed by atoms with van der Waals surface area (Å²) in [6.45, 7) is 9.60. The number of hydrogen-bond acceptors (Lipinski definition) is 1. The van der Waals surface area contributed by atoms with E-state index in [1.54, 1.807) is 13.1 Å². The molecule has 0 radical (unpaired) electrons. The molecule has 0 aliphatic heterocycles. The van der Waals surface area contributed by atoms with E-state index in [0.717, 1.165) is 11.3 Å². The van der Waals surface area contributed by atoms with Crippen LogP contribution in [0.25, 0.3) is 0 Å². The molecule has 0 saturated carbocycles. The van der Waals surface area contributed by atoms with Crippen LogP contribution in [0.1, 0.15) is 37.6 Å². The third kappa shape index (κ3) is 1.87. The predicted octanol–water partition coefficient (Wildman–Crippen LogP) is 3.14. The van der Waals surface area contributed by atoms with Crippen LogP contribution in [0.5, 0.6) is 0 Å². The lowest BCUT2D eigenvalue weighted by atomic mass is 9.85. The van der Waals surface area contributed by atoms with Crippen molar-refractivity contribution in [1.82, 2.24) is 4.98 Å². The van der Waals surface area contributed by atoms with Crippen LogP contribution < -0.4 is 0 Å². The lowest BCUT2D eigenvalue weighted by Gasteiger charge is -2.22. The van der Waals surface area contributed by atoms with Gasteiger partial charge in [0.15, 0.2) is 0 Å². The number of halogens is 1. The second-order valence-electron chi connectivity index (χ2n) is 4.47. The Balaban J connectivity index is 3.43. The quantitative estimate of drug-likeness (QED) is 0.599. The van der Waals surface area contributed by atoms with Crippen molar-refractivity contribution in [2.45, 2.75) is 40.0 Å². The van der Waals surface area contributed by atoms with Crippen molar-refractivity contribution < 1.29 is 4.39 Å². The number of aryl methyl sites for hydroxylation is 2. The Labute approximate surface area is 79.0 Å². The molecule has 1 heterocycles. The van der Waals surface area contributed by atoms with E-state index in [0.29, 0.717) is 5.56 Å². The maximum absolute atomic E-state index is 13.7. The molecule has 0 N–H and O–H groups in total. The molecule has 0 fully saturated rings. The molecule has 2 heteroatoms. The van der Waals surface area contributed by atoms with Crippen molar-refractivity contribution in [1.29, 1.82) is 0 Å². The second kappa shape index (κ2) is 3.09. The minimum atomic E-state index is -0.173. The van der Waals surface area contributed by atoms with Crippen molar-refractivity contribution >= 4 is 0 Å². The monoisotopic (exact) mass is 181 g/mol. The van der Waals surface area contributed by atoms with Gasteiger partial charge in [0.1, 0.15) is 5.82 Å². The molecule has 0 saturated heterocycles. The number of nitrogens with zero attached hydrogens (tertiary/aromatic N) is 1. The summed E-state index contributed by atoms with van der Waals surface area (Å²) in [6, 6.07) is 0. The molecular formula is C11H16FN. The van der Waals surface area contributed by atoms with Crippen LogP contribution in [0.4, 0.5) is 4.39 Å². The van der Waals surface area contributed by atoms with Crippen LogP contribution in [0, 0.1) is 19.7 Å². The zero-order chi connectivity index (χ0) is 10.2. The minimum Gasteiger partial charge on any atom is -0.261 e. The molecule has 1 nitrogen and oxygen atoms in total. The lowest BCUT2D eigenvalue weighted by Crippen LogP contribution is -2.17. The van der Waals surface area contributed by atoms with Crippen molar-refractivity contribution in [3.05, 3.63) is 28.8 Å². The summed E-state index contributed by atoms with van der Waals surface area (Å²) in [6.07, 6.45) is 1.58. The number of aromatic nitrogens is 1. The fourth-order valence-electron chi connectivity index (χ4n) is 1.54. The molecule has 0 aliphatic rings. The van der Waals surface area contributed by atoms with E-state index in [-0.39, 0.29) is 11.2 Å². The summed E-state index contributed by atoms with van der Waals surface area (Å²) in [5.41, 5.74) is 1.96. The molecule has 72 valence electrons. The highest BCUT2D eigenvalue weighted by Gasteiger charge is 2.22. The zero-order valence-corrected chi connectivity index (χ0v) is 8.90. The standard InChI is InChI=1S/C11H16FN/c1-7-6-13-8(2)9(10(7)12)11(3,4)5/h6H,1-5H3. The summed E-state index contributed by atoms with van der Waals surface area (Å²) in [7, 11) is 0. The number of pyridine rings is 1. The summed E-state index contributed by atoms with van der Waals surface area (Å²) in [5.74, 6) is -0.111. The van der Waals surface area contributed by atoms with Gasteiger partial charge < -0.3 is 0 Å². The summed E-state index contributed by atoms with van der Waals surface area (Å²) >= 11 is 0. The molecule has 0 atom stereocenters. The maximum Gasteiger partial charge on any atom is 0.133 e. The van der Waals surface area contributed by atoms with Gasteiger partial charge in [-0.3, -0.25) is 4.98 Å². The van der Waals surface area contributed by atoms with Gasteiger partial charge in [0.05, 0.1) is 0 Å². The SMILES string of the molecule is Cc1cnc(C)c(C(C)(C)C)c1F. The van der Waals surface area contributed by atoms with Crippen LogP contribution in [-0.4, -0.2) is 4.98 Å². The van der Waals surface area contributed by atoms with Crippen molar-refractivity contribution in [3.8, 4) is 0 Å². The molecular weight excluding hydrogens is 165 g/mol. The Kier molecular flexibility index (Phi) is 2.42. The van der Waals surface area contributed by atoms with E-state index in [4.69, 9.17) is 0 Å². The molecule has 13 heavy (non-hydrogen) atoms. The Morgan fingerprint density at radius 1 is 1.23 bits per heavy atom. The second-order valence-corrected chi connectivity index (χ2v) is 4.47. The van der Waals surface area contributed by atoms with E-state index in [2.05, 4.69) is 4.98 Å². The van der Waals surface area contributed by atoms with Crippen LogP contribution >= 0.6 is 0 Å². The smallest absolute Gasteiger partial charge is 0.133 e. The number of rotatable bonds is 0. The lowest BCUT2D eigenvalue weighted by molar-refractivity contribution is 0.510. The van der Waals surface area contributed by atoms with Crippen molar-refractivity contribution in [2.75, 3.05) is 0 Å². The Morgan fingerprint density at radius 3 is 2.15 bits per heavy atom. The van der Waals surface area contributed by atoms with Crippen LogP contribution in [0.15, 0.2) is 6.20 Å². The van der Waals surface area contributed by atoms with Gasteiger partial charge in [0.25, 0.3) is 0 Å². The molecule has 0 spiro atoms. The highest BCUT2D eigenvalue weighted by atomic mass is 19.1. The van der Waals surface area contributed by atoms with Crippen molar-refractivity contribution in [3.63, 3.8) is 0 Å². The van der Waals surface area contributed by atoms with Gasteiger partial charge in [-0.05, 0) is 19.3 Å². The van der Waals surface area contributed by atoms with E-state index < -0.39 is 0 Å². The summed E-state index contributed by atoms with van der Waals surface area (Å²) in [4.78, 5) is 4.17. The zero-order valence-electron chi connectivity index (χ0n) is 8.90. The van der Waals surface area contributed by atoms with Gasteiger partial charge in [-0.15, -0.1) is 0 Å². The molecule has 1 rings (SSSR count). The summed E-state index contributed by atoms with van der Waals surface area (Å²) in [5, 5.41) is 0. The Bertz CT molecular complexity index is 324. The largest absolute Gasteiger partial charge is 0.261 e. The van der Waals surface area contributed by atoms with Crippen LogP contribution in [-0.2, 0) is 5.41 Å².